The number of aldehydes is 1. The number of carbonyl (C=O) groups is 1. The minimum Gasteiger partial charge on any atom is -0.298 e. The van der Waals surface area contributed by atoms with Crippen LogP contribution in [0.2, 0.25) is 0 Å². The fourth-order valence-corrected chi connectivity index (χ4v) is 2.13. The van der Waals surface area contributed by atoms with Gasteiger partial charge in [0.05, 0.1) is 4.90 Å². The van der Waals surface area contributed by atoms with Crippen molar-refractivity contribution >= 4 is 16.1 Å². The molecule has 2 rings (SSSR count). The Kier molecular flexibility index (Phi) is 3.25. The van der Waals surface area contributed by atoms with Crippen molar-refractivity contribution in [2.45, 2.75) is 4.90 Å². The van der Waals surface area contributed by atoms with Crippen molar-refractivity contribution in [3.8, 4) is 11.1 Å². The van der Waals surface area contributed by atoms with E-state index in [-0.39, 0.29) is 4.90 Å². The summed E-state index contributed by atoms with van der Waals surface area (Å²) in [5.74, 6) is 0. The number of aromatic nitrogens is 1. The number of nitrogens with zero attached hydrogens (tertiary/aromatic N) is 1. The third-order valence-electron chi connectivity index (χ3n) is 2.52. The minimum absolute atomic E-state index is 0.180. The first-order chi connectivity index (χ1) is 8.50. The predicted octanol–water partition coefficient (Wildman–Crippen LogP) is 1.96. The summed E-state index contributed by atoms with van der Waals surface area (Å²) >= 11 is 0. The predicted molar refractivity (Wildman–Crippen MR) is 68.2 cm³/mol. The monoisotopic (exact) mass is 261 g/mol. The van der Waals surface area contributed by atoms with Crippen molar-refractivity contribution in [3.63, 3.8) is 0 Å². The molecule has 0 saturated heterocycles. The van der Waals surface area contributed by atoms with Crippen molar-refractivity contribution in [2.75, 3.05) is 6.26 Å². The SMILES string of the molecule is CS(=O)(=O)c1cncc(-c2ccc(C=O)cc2)c1. The first-order valence-corrected chi connectivity index (χ1v) is 7.10. The summed E-state index contributed by atoms with van der Waals surface area (Å²) in [7, 11) is -3.26. The van der Waals surface area contributed by atoms with Gasteiger partial charge in [-0.2, -0.15) is 0 Å². The standard InChI is InChI=1S/C13H11NO3S/c1-18(16,17)13-6-12(7-14-8-13)11-4-2-10(9-15)3-5-11/h2-9H,1H3. The van der Waals surface area contributed by atoms with E-state index in [0.717, 1.165) is 18.1 Å². The lowest BCUT2D eigenvalue weighted by molar-refractivity contribution is 0.112. The van der Waals surface area contributed by atoms with Crippen molar-refractivity contribution in [1.82, 2.24) is 4.98 Å². The van der Waals surface area contributed by atoms with Crippen LogP contribution in [0, 0.1) is 0 Å². The molecule has 2 aromatic rings. The maximum atomic E-state index is 11.4. The van der Waals surface area contributed by atoms with E-state index in [0.29, 0.717) is 11.1 Å². The molecule has 0 aliphatic carbocycles. The zero-order chi connectivity index (χ0) is 13.2. The highest BCUT2D eigenvalue weighted by molar-refractivity contribution is 7.90. The van der Waals surface area contributed by atoms with Gasteiger partial charge in [0.15, 0.2) is 9.84 Å². The van der Waals surface area contributed by atoms with Gasteiger partial charge in [-0.3, -0.25) is 9.78 Å². The maximum absolute atomic E-state index is 11.4. The van der Waals surface area contributed by atoms with Crippen molar-refractivity contribution in [3.05, 3.63) is 48.3 Å². The van der Waals surface area contributed by atoms with Crippen molar-refractivity contribution in [1.29, 1.82) is 0 Å². The Morgan fingerprint density at radius 1 is 1.06 bits per heavy atom. The molecule has 0 amide bonds. The van der Waals surface area contributed by atoms with Crippen molar-refractivity contribution in [2.24, 2.45) is 0 Å². The van der Waals surface area contributed by atoms with Gasteiger partial charge in [0.2, 0.25) is 0 Å². The van der Waals surface area contributed by atoms with Crippen LogP contribution < -0.4 is 0 Å². The van der Waals surface area contributed by atoms with E-state index in [1.165, 1.54) is 6.20 Å². The Balaban J connectivity index is 2.47. The second-order valence-corrected chi connectivity index (χ2v) is 5.94. The van der Waals surface area contributed by atoms with E-state index in [2.05, 4.69) is 4.98 Å². The van der Waals surface area contributed by atoms with E-state index in [9.17, 15) is 13.2 Å². The zero-order valence-electron chi connectivity index (χ0n) is 9.70. The molecule has 0 saturated carbocycles. The van der Waals surface area contributed by atoms with Crippen LogP contribution in [0.3, 0.4) is 0 Å². The first kappa shape index (κ1) is 12.4. The third kappa shape index (κ3) is 2.62. The van der Waals surface area contributed by atoms with Crippen LogP contribution in [0.5, 0.6) is 0 Å². The number of rotatable bonds is 3. The molecule has 0 aliphatic rings. The summed E-state index contributed by atoms with van der Waals surface area (Å²) in [6, 6.07) is 8.43. The fraction of sp³-hybridized carbons (Fsp3) is 0.0769. The van der Waals surface area contributed by atoms with E-state index in [4.69, 9.17) is 0 Å². The van der Waals surface area contributed by atoms with Gasteiger partial charge in [-0.05, 0) is 11.6 Å². The highest BCUT2D eigenvalue weighted by atomic mass is 32.2. The average molecular weight is 261 g/mol. The lowest BCUT2D eigenvalue weighted by Gasteiger charge is -2.03. The Bertz CT molecular complexity index is 676. The molecule has 18 heavy (non-hydrogen) atoms. The molecule has 1 heterocycles. The summed E-state index contributed by atoms with van der Waals surface area (Å²) in [6.45, 7) is 0. The Morgan fingerprint density at radius 3 is 2.28 bits per heavy atom. The fourth-order valence-electron chi connectivity index (χ4n) is 1.53. The number of hydrogen-bond acceptors (Lipinski definition) is 4. The van der Waals surface area contributed by atoms with Crippen LogP contribution in [-0.4, -0.2) is 25.9 Å². The molecular formula is C13H11NO3S. The number of hydrogen-bond donors (Lipinski definition) is 0. The van der Waals surface area contributed by atoms with Crippen LogP contribution in [-0.2, 0) is 9.84 Å². The Labute approximate surface area is 105 Å². The van der Waals surface area contributed by atoms with Crippen LogP contribution >= 0.6 is 0 Å². The normalized spacial score (nSPS) is 11.2. The van der Waals surface area contributed by atoms with Crippen LogP contribution in [0.25, 0.3) is 11.1 Å². The zero-order valence-corrected chi connectivity index (χ0v) is 10.5. The smallest absolute Gasteiger partial charge is 0.177 e. The van der Waals surface area contributed by atoms with Crippen LogP contribution in [0.4, 0.5) is 0 Å². The summed E-state index contributed by atoms with van der Waals surface area (Å²) in [5, 5.41) is 0. The van der Waals surface area contributed by atoms with Gasteiger partial charge in [0.1, 0.15) is 6.29 Å². The van der Waals surface area contributed by atoms with Crippen LogP contribution in [0.15, 0.2) is 47.6 Å². The molecule has 0 unspecified atom stereocenters. The Morgan fingerprint density at radius 2 is 1.72 bits per heavy atom. The molecule has 92 valence electrons. The van der Waals surface area contributed by atoms with Gasteiger partial charge in [-0.1, -0.05) is 24.3 Å². The van der Waals surface area contributed by atoms with Gasteiger partial charge in [-0.15, -0.1) is 0 Å². The molecule has 0 spiro atoms. The van der Waals surface area contributed by atoms with E-state index < -0.39 is 9.84 Å². The highest BCUT2D eigenvalue weighted by Crippen LogP contribution is 2.21. The molecule has 0 fully saturated rings. The van der Waals surface area contributed by atoms with E-state index in [1.807, 2.05) is 0 Å². The molecule has 1 aromatic heterocycles. The van der Waals surface area contributed by atoms with Crippen molar-refractivity contribution < 1.29 is 13.2 Å². The molecule has 5 heteroatoms. The maximum Gasteiger partial charge on any atom is 0.177 e. The molecule has 1 aromatic carbocycles. The Hall–Kier alpha value is -2.01. The molecule has 0 aliphatic heterocycles. The second kappa shape index (κ2) is 4.70. The lowest BCUT2D eigenvalue weighted by Crippen LogP contribution is -1.98. The van der Waals surface area contributed by atoms with E-state index in [1.54, 1.807) is 36.5 Å². The minimum atomic E-state index is -3.26. The second-order valence-electron chi connectivity index (χ2n) is 3.92. The third-order valence-corrected chi connectivity index (χ3v) is 3.60. The molecule has 4 nitrogen and oxygen atoms in total. The topological polar surface area (TPSA) is 64.1 Å². The molecule has 0 atom stereocenters. The molecular weight excluding hydrogens is 250 g/mol. The summed E-state index contributed by atoms with van der Waals surface area (Å²) in [6.07, 6.45) is 4.81. The summed E-state index contributed by atoms with van der Waals surface area (Å²) < 4.78 is 22.9. The van der Waals surface area contributed by atoms with Gasteiger partial charge < -0.3 is 0 Å². The average Bonchev–Trinajstić information content (AvgIpc) is 2.38. The number of benzene rings is 1. The number of sulfone groups is 1. The lowest BCUT2D eigenvalue weighted by atomic mass is 10.1. The highest BCUT2D eigenvalue weighted by Gasteiger charge is 2.09. The van der Waals surface area contributed by atoms with Gasteiger partial charge in [0.25, 0.3) is 0 Å². The summed E-state index contributed by atoms with van der Waals surface area (Å²) in [5.41, 5.74) is 2.10. The van der Waals surface area contributed by atoms with Gasteiger partial charge >= 0.3 is 0 Å². The van der Waals surface area contributed by atoms with Crippen LogP contribution in [0.1, 0.15) is 10.4 Å². The summed E-state index contributed by atoms with van der Waals surface area (Å²) in [4.78, 5) is 14.6. The van der Waals surface area contributed by atoms with Gasteiger partial charge in [-0.25, -0.2) is 8.42 Å². The first-order valence-electron chi connectivity index (χ1n) is 5.21. The largest absolute Gasteiger partial charge is 0.298 e. The number of pyridine rings is 1. The molecule has 0 radical (unpaired) electrons. The quantitative estimate of drug-likeness (QED) is 0.792. The molecule has 0 N–H and O–H groups in total. The van der Waals surface area contributed by atoms with Gasteiger partial charge in [0, 0.05) is 29.8 Å². The number of carbonyl (C=O) groups excluding carboxylic acids is 1. The molecule has 0 bridgehead atoms. The van der Waals surface area contributed by atoms with E-state index >= 15 is 0 Å².